The summed E-state index contributed by atoms with van der Waals surface area (Å²) in [7, 11) is -1.42. The van der Waals surface area contributed by atoms with E-state index >= 15 is 0 Å². The highest BCUT2D eigenvalue weighted by Gasteiger charge is 2.19. The normalized spacial score (nSPS) is 14.5. The van der Waals surface area contributed by atoms with Crippen LogP contribution in [0.3, 0.4) is 0 Å². The van der Waals surface area contributed by atoms with Crippen molar-refractivity contribution in [3.8, 4) is 0 Å². The molecule has 0 aliphatic heterocycles. The molecular weight excluding hydrogens is 280 g/mol. The van der Waals surface area contributed by atoms with E-state index in [2.05, 4.69) is 6.58 Å². The third kappa shape index (κ3) is 3.78. The minimum Gasteiger partial charge on any atom is -0.383 e. The average Bonchev–Trinajstić information content (AvgIpc) is 2.53. The Morgan fingerprint density at radius 1 is 1.14 bits per heavy atom. The van der Waals surface area contributed by atoms with Gasteiger partial charge in [0.05, 0.1) is 15.7 Å². The van der Waals surface area contributed by atoms with Crippen LogP contribution in [0.25, 0.3) is 0 Å². The number of aryl methyl sites for hydroxylation is 1. The Labute approximate surface area is 127 Å². The number of benzene rings is 2. The van der Waals surface area contributed by atoms with Crippen molar-refractivity contribution in [2.75, 3.05) is 0 Å². The molecule has 0 saturated carbocycles. The van der Waals surface area contributed by atoms with E-state index in [-0.39, 0.29) is 0 Å². The quantitative estimate of drug-likeness (QED) is 0.850. The molecule has 2 aromatic rings. The molecular formula is C18H18O2S. The van der Waals surface area contributed by atoms with E-state index in [1.165, 1.54) is 0 Å². The van der Waals surface area contributed by atoms with E-state index in [0.29, 0.717) is 15.4 Å². The lowest BCUT2D eigenvalue weighted by Gasteiger charge is -2.15. The molecule has 0 aromatic heterocycles. The number of aliphatic hydroxyl groups is 1. The third-order valence-corrected chi connectivity index (χ3v) is 4.60. The van der Waals surface area contributed by atoms with Gasteiger partial charge in [-0.25, -0.2) is 4.21 Å². The monoisotopic (exact) mass is 298 g/mol. The Morgan fingerprint density at radius 2 is 1.76 bits per heavy atom. The Hall–Kier alpha value is -1.97. The molecule has 0 radical (unpaired) electrons. The highest BCUT2D eigenvalue weighted by molar-refractivity contribution is 7.89. The lowest BCUT2D eigenvalue weighted by atomic mass is 10.1. The third-order valence-electron chi connectivity index (χ3n) is 3.12. The van der Waals surface area contributed by atoms with E-state index in [4.69, 9.17) is 0 Å². The first-order chi connectivity index (χ1) is 10.1. The fourth-order valence-electron chi connectivity index (χ4n) is 1.97. The van der Waals surface area contributed by atoms with Gasteiger partial charge in [0, 0.05) is 4.90 Å². The standard InChI is InChI=1S/C18H18O2S/c1-3-7-17(18(19)15-8-5-4-6-9-15)21(20)16-12-10-14(2)11-13-16/h3-13,18-19H,1H2,2H3/b17-7+/t18-,21?/m0/s1. The second kappa shape index (κ2) is 7.16. The maximum atomic E-state index is 12.7. The van der Waals surface area contributed by atoms with Gasteiger partial charge in [-0.2, -0.15) is 0 Å². The van der Waals surface area contributed by atoms with Crippen LogP contribution in [0, 0.1) is 6.92 Å². The second-order valence-corrected chi connectivity index (χ2v) is 6.18. The van der Waals surface area contributed by atoms with Crippen LogP contribution >= 0.6 is 0 Å². The number of hydrogen-bond donors (Lipinski definition) is 1. The van der Waals surface area contributed by atoms with Crippen LogP contribution in [0.2, 0.25) is 0 Å². The summed E-state index contributed by atoms with van der Waals surface area (Å²) in [6.45, 7) is 5.62. The topological polar surface area (TPSA) is 37.3 Å². The zero-order chi connectivity index (χ0) is 15.2. The SMILES string of the molecule is C=C/C=C(\[C@@H](O)c1ccccc1)S(=O)c1ccc(C)cc1. The van der Waals surface area contributed by atoms with Crippen molar-refractivity contribution < 1.29 is 9.32 Å². The molecule has 0 bridgehead atoms. The van der Waals surface area contributed by atoms with Gasteiger partial charge in [-0.15, -0.1) is 0 Å². The zero-order valence-corrected chi connectivity index (χ0v) is 12.7. The summed E-state index contributed by atoms with van der Waals surface area (Å²) in [5.74, 6) is 0. The van der Waals surface area contributed by atoms with E-state index in [9.17, 15) is 9.32 Å². The van der Waals surface area contributed by atoms with Crippen LogP contribution in [0.15, 0.2) is 83.1 Å². The first-order valence-electron chi connectivity index (χ1n) is 6.67. The lowest BCUT2D eigenvalue weighted by Crippen LogP contribution is -2.07. The van der Waals surface area contributed by atoms with Crippen molar-refractivity contribution in [2.45, 2.75) is 17.9 Å². The summed E-state index contributed by atoms with van der Waals surface area (Å²) >= 11 is 0. The number of hydrogen-bond acceptors (Lipinski definition) is 2. The molecule has 0 fully saturated rings. The van der Waals surface area contributed by atoms with Gasteiger partial charge >= 0.3 is 0 Å². The van der Waals surface area contributed by atoms with Crippen molar-refractivity contribution in [3.63, 3.8) is 0 Å². The van der Waals surface area contributed by atoms with Gasteiger partial charge in [-0.1, -0.05) is 60.7 Å². The average molecular weight is 298 g/mol. The highest BCUT2D eigenvalue weighted by atomic mass is 32.2. The van der Waals surface area contributed by atoms with Crippen LogP contribution in [0.5, 0.6) is 0 Å². The minimum atomic E-state index is -1.42. The molecule has 21 heavy (non-hydrogen) atoms. The molecule has 0 amide bonds. The summed E-state index contributed by atoms with van der Waals surface area (Å²) in [6, 6.07) is 16.7. The minimum absolute atomic E-state index is 0.431. The van der Waals surface area contributed by atoms with Crippen LogP contribution in [0.4, 0.5) is 0 Å². The number of rotatable bonds is 5. The van der Waals surface area contributed by atoms with Crippen LogP contribution in [-0.4, -0.2) is 9.32 Å². The first kappa shape index (κ1) is 15.4. The fraction of sp³-hybridized carbons (Fsp3) is 0.111. The summed E-state index contributed by atoms with van der Waals surface area (Å²) in [5, 5.41) is 10.5. The molecule has 0 heterocycles. The summed E-state index contributed by atoms with van der Waals surface area (Å²) < 4.78 is 12.7. The maximum absolute atomic E-state index is 12.7. The number of aliphatic hydroxyl groups excluding tert-OH is 1. The molecule has 2 atom stereocenters. The Morgan fingerprint density at radius 3 is 2.33 bits per heavy atom. The van der Waals surface area contributed by atoms with Gasteiger partial charge in [-0.3, -0.25) is 0 Å². The molecule has 0 saturated heterocycles. The molecule has 0 aliphatic rings. The lowest BCUT2D eigenvalue weighted by molar-refractivity contribution is 0.224. The molecule has 2 nitrogen and oxygen atoms in total. The van der Waals surface area contributed by atoms with Crippen LogP contribution < -0.4 is 0 Å². The molecule has 3 heteroatoms. The van der Waals surface area contributed by atoms with E-state index in [1.807, 2.05) is 61.5 Å². The van der Waals surface area contributed by atoms with Gasteiger partial charge in [0.25, 0.3) is 0 Å². The van der Waals surface area contributed by atoms with Gasteiger partial charge in [0.1, 0.15) is 6.10 Å². The molecule has 1 unspecified atom stereocenters. The van der Waals surface area contributed by atoms with E-state index in [0.717, 1.165) is 5.56 Å². The molecule has 0 aliphatic carbocycles. The van der Waals surface area contributed by atoms with Crippen LogP contribution in [-0.2, 0) is 10.8 Å². The maximum Gasteiger partial charge on any atom is 0.113 e. The Kier molecular flexibility index (Phi) is 5.26. The van der Waals surface area contributed by atoms with Crippen molar-refractivity contribution in [1.82, 2.24) is 0 Å². The van der Waals surface area contributed by atoms with Crippen LogP contribution in [0.1, 0.15) is 17.2 Å². The Balaban J connectivity index is 2.35. The predicted octanol–water partition coefficient (Wildman–Crippen LogP) is 3.91. The molecule has 0 spiro atoms. The second-order valence-electron chi connectivity index (χ2n) is 4.70. The summed E-state index contributed by atoms with van der Waals surface area (Å²) in [6.07, 6.45) is 2.26. The molecule has 108 valence electrons. The predicted molar refractivity (Wildman–Crippen MR) is 87.3 cm³/mol. The summed E-state index contributed by atoms with van der Waals surface area (Å²) in [5.41, 5.74) is 1.82. The van der Waals surface area contributed by atoms with Gasteiger partial charge < -0.3 is 5.11 Å². The van der Waals surface area contributed by atoms with Gasteiger partial charge in [0.2, 0.25) is 0 Å². The largest absolute Gasteiger partial charge is 0.383 e. The van der Waals surface area contributed by atoms with E-state index in [1.54, 1.807) is 12.2 Å². The number of allylic oxidation sites excluding steroid dienone is 2. The Bertz CT molecular complexity index is 657. The smallest absolute Gasteiger partial charge is 0.113 e. The van der Waals surface area contributed by atoms with E-state index < -0.39 is 16.9 Å². The molecule has 2 rings (SSSR count). The highest BCUT2D eigenvalue weighted by Crippen LogP contribution is 2.28. The van der Waals surface area contributed by atoms with Gasteiger partial charge in [0.15, 0.2) is 0 Å². The van der Waals surface area contributed by atoms with Crippen molar-refractivity contribution in [1.29, 1.82) is 0 Å². The van der Waals surface area contributed by atoms with Gasteiger partial charge in [-0.05, 0) is 30.7 Å². The van der Waals surface area contributed by atoms with Crippen molar-refractivity contribution in [2.24, 2.45) is 0 Å². The van der Waals surface area contributed by atoms with Crippen molar-refractivity contribution in [3.05, 3.63) is 89.4 Å². The molecule has 2 aromatic carbocycles. The summed E-state index contributed by atoms with van der Waals surface area (Å²) in [4.78, 5) is 1.10. The fourth-order valence-corrected chi connectivity index (χ4v) is 3.18. The zero-order valence-electron chi connectivity index (χ0n) is 11.9. The first-order valence-corrected chi connectivity index (χ1v) is 7.82. The van der Waals surface area contributed by atoms with Crippen molar-refractivity contribution >= 4 is 10.8 Å². The molecule has 1 N–H and O–H groups in total.